The predicted molar refractivity (Wildman–Crippen MR) is 267 cm³/mol. The Morgan fingerprint density at radius 2 is 1.73 bits per heavy atom. The topological polar surface area (TPSA) is 151 Å². The number of rotatable bonds is 15. The standard InChI is InChI=1S/C54H61F3N10O4/c1-3-39-42(55)10-6-33-23-38(69)25-40(46(33)39)48-47(57)49-41(28-59-48)50(67-29-35-7-8-36(30-67)60-35)63-52(62-49)71-32-54(12-13-54)31-64-16-14-53(15-17-64)26-37(27-53)65-18-20-66(21-19-65)45-11-9-34(24-43(45)56)61-44(5-4-22-68)51(70)58-2/h1,6,9-11,22-25,28,35-37,44,60-61,69H,4-5,7-8,12-21,26-27,29-32H2,2H3,(H,58,70). The van der Waals surface area contributed by atoms with E-state index in [-0.39, 0.29) is 63.0 Å². The number of carbonyl (C=O) groups excluding carboxylic acids is 2. The molecule has 6 heterocycles. The van der Waals surface area contributed by atoms with E-state index in [9.17, 15) is 14.7 Å². The van der Waals surface area contributed by atoms with E-state index in [0.717, 1.165) is 90.6 Å². The normalized spacial score (nSPS) is 22.3. The molecule has 14 nitrogen and oxygen atoms in total. The number of piperazine rings is 2. The summed E-state index contributed by atoms with van der Waals surface area (Å²) in [5.74, 6) is 0.915. The van der Waals surface area contributed by atoms with Crippen molar-refractivity contribution < 1.29 is 32.6 Å². The van der Waals surface area contributed by atoms with Crippen molar-refractivity contribution in [1.29, 1.82) is 0 Å². The molecule has 1 amide bonds. The van der Waals surface area contributed by atoms with E-state index in [1.165, 1.54) is 43.2 Å². The number of pyridine rings is 1. The summed E-state index contributed by atoms with van der Waals surface area (Å²) in [4.78, 5) is 46.9. The second-order valence-electron chi connectivity index (χ2n) is 21.1. The van der Waals surface area contributed by atoms with Crippen molar-refractivity contribution in [1.82, 2.24) is 35.4 Å². The monoisotopic (exact) mass is 970 g/mol. The molecule has 5 aromatic rings. The molecule has 3 atom stereocenters. The van der Waals surface area contributed by atoms with Crippen LogP contribution in [-0.4, -0.2) is 139 Å². The van der Waals surface area contributed by atoms with Gasteiger partial charge < -0.3 is 45.3 Å². The highest BCUT2D eigenvalue weighted by Crippen LogP contribution is 2.53. The van der Waals surface area contributed by atoms with Crippen LogP contribution < -0.4 is 30.5 Å². The van der Waals surface area contributed by atoms with Crippen LogP contribution in [0.25, 0.3) is 32.9 Å². The van der Waals surface area contributed by atoms with Gasteiger partial charge in [0, 0.05) is 106 Å². The molecule has 6 aliphatic rings. The van der Waals surface area contributed by atoms with Crippen LogP contribution >= 0.6 is 0 Å². The fourth-order valence-electron chi connectivity index (χ4n) is 12.3. The Balaban J connectivity index is 0.719. The first-order valence-corrected chi connectivity index (χ1v) is 25.3. The number of likely N-dealkylation sites (N-methyl/N-ethyl adjacent to an activating group) is 1. The SMILES string of the molecule is C#Cc1c(F)ccc2cc(O)cc(-c3ncc4c(N5CC6CCC(C5)N6)nc(OCC5(CN6CCC7(CC6)CC(N6CCN(c8ccc(NC(CCC=O)C(=O)NC)cc8F)CC6)C7)CC5)nc4c3F)c12. The predicted octanol–water partition coefficient (Wildman–Crippen LogP) is 6.62. The minimum atomic E-state index is -0.730. The molecule has 11 rings (SSSR count). The van der Waals surface area contributed by atoms with Crippen LogP contribution in [0.15, 0.2) is 48.7 Å². The molecule has 2 aliphatic carbocycles. The molecule has 4 saturated heterocycles. The molecule has 4 N–H and O–H groups in total. The number of terminal acetylenes is 1. The van der Waals surface area contributed by atoms with Crippen molar-refractivity contribution in [3.8, 4) is 35.4 Å². The summed E-state index contributed by atoms with van der Waals surface area (Å²) in [5.41, 5.74) is 1.45. The number of anilines is 3. The number of aldehydes is 1. The molecule has 17 heteroatoms. The Kier molecular flexibility index (Phi) is 12.7. The third-order valence-corrected chi connectivity index (χ3v) is 16.5. The van der Waals surface area contributed by atoms with Crippen LogP contribution in [0.3, 0.4) is 0 Å². The highest BCUT2D eigenvalue weighted by molar-refractivity contribution is 6.03. The summed E-state index contributed by atoms with van der Waals surface area (Å²) in [6.07, 6.45) is 17.5. The number of nitrogens with one attached hydrogen (secondary N) is 3. The van der Waals surface area contributed by atoms with Crippen LogP contribution in [0.5, 0.6) is 11.8 Å². The van der Waals surface area contributed by atoms with Crippen LogP contribution in [-0.2, 0) is 9.59 Å². The number of hydrogen-bond donors (Lipinski definition) is 4. The largest absolute Gasteiger partial charge is 0.508 e. The number of nitrogens with zero attached hydrogens (tertiary/aromatic N) is 7. The first-order valence-electron chi connectivity index (χ1n) is 25.3. The van der Waals surface area contributed by atoms with E-state index in [1.54, 1.807) is 25.4 Å². The van der Waals surface area contributed by atoms with E-state index in [1.807, 2.05) is 0 Å². The lowest BCUT2D eigenvalue weighted by atomic mass is 9.60. The van der Waals surface area contributed by atoms with Gasteiger partial charge in [-0.3, -0.25) is 14.7 Å². The van der Waals surface area contributed by atoms with Gasteiger partial charge >= 0.3 is 6.01 Å². The lowest BCUT2D eigenvalue weighted by Crippen LogP contribution is -2.59. The minimum Gasteiger partial charge on any atom is -0.508 e. The maximum atomic E-state index is 17.1. The number of ether oxygens (including phenoxy) is 1. The van der Waals surface area contributed by atoms with Crippen LogP contribution in [0.4, 0.5) is 30.4 Å². The van der Waals surface area contributed by atoms with E-state index in [4.69, 9.17) is 21.1 Å². The van der Waals surface area contributed by atoms with Crippen molar-refractivity contribution in [2.75, 3.05) is 87.7 Å². The average Bonchev–Trinajstić information content (AvgIpc) is 4.06. The Hall–Kier alpha value is -6.22. The number of phenolic OH excluding ortho intramolecular Hbond substituents is 1. The fourth-order valence-corrected chi connectivity index (χ4v) is 12.3. The number of amides is 1. The second-order valence-corrected chi connectivity index (χ2v) is 21.1. The van der Waals surface area contributed by atoms with Crippen molar-refractivity contribution in [2.45, 2.75) is 88.4 Å². The van der Waals surface area contributed by atoms with Gasteiger partial charge in [0.2, 0.25) is 5.91 Å². The Bertz CT molecular complexity index is 2890. The van der Waals surface area contributed by atoms with Crippen LogP contribution in [0.1, 0.15) is 69.8 Å². The van der Waals surface area contributed by atoms with E-state index < -0.39 is 17.7 Å². The number of hydrogen-bond acceptors (Lipinski definition) is 13. The second kappa shape index (κ2) is 19.1. The third-order valence-electron chi connectivity index (χ3n) is 16.5. The first-order chi connectivity index (χ1) is 34.4. The maximum absolute atomic E-state index is 17.1. The zero-order chi connectivity index (χ0) is 49.0. The van der Waals surface area contributed by atoms with E-state index in [0.29, 0.717) is 77.6 Å². The van der Waals surface area contributed by atoms with Crippen LogP contribution in [0, 0.1) is 40.6 Å². The number of likely N-dealkylation sites (tertiary alicyclic amines) is 1. The van der Waals surface area contributed by atoms with Gasteiger partial charge in [-0.05, 0) is 118 Å². The summed E-state index contributed by atoms with van der Waals surface area (Å²) in [6.45, 7) is 8.05. The molecule has 4 aliphatic heterocycles. The zero-order valence-corrected chi connectivity index (χ0v) is 40.2. The fraction of sp³-hybridized carbons (Fsp3) is 0.500. The molecule has 3 aromatic carbocycles. The highest BCUT2D eigenvalue weighted by Gasteiger charge is 2.51. The third kappa shape index (κ3) is 9.30. The van der Waals surface area contributed by atoms with E-state index >= 15 is 13.2 Å². The van der Waals surface area contributed by atoms with Gasteiger partial charge in [0.25, 0.3) is 0 Å². The van der Waals surface area contributed by atoms with Gasteiger partial charge in [0.1, 0.15) is 46.7 Å². The molecule has 0 radical (unpaired) electrons. The Labute approximate surface area is 411 Å². The number of fused-ring (bicyclic) bond motifs is 4. The number of phenols is 1. The van der Waals surface area contributed by atoms with Gasteiger partial charge in [-0.15, -0.1) is 6.42 Å². The molecule has 372 valence electrons. The number of aromatic hydroxyl groups is 1. The maximum Gasteiger partial charge on any atom is 0.319 e. The zero-order valence-electron chi connectivity index (χ0n) is 40.2. The van der Waals surface area contributed by atoms with Crippen molar-refractivity contribution in [2.24, 2.45) is 10.8 Å². The van der Waals surface area contributed by atoms with Crippen molar-refractivity contribution in [3.05, 3.63) is 71.7 Å². The minimum absolute atomic E-state index is 0.0394. The summed E-state index contributed by atoms with van der Waals surface area (Å²) in [5, 5.41) is 21.2. The van der Waals surface area contributed by atoms with Gasteiger partial charge in [0.15, 0.2) is 5.82 Å². The van der Waals surface area contributed by atoms with Gasteiger partial charge in [-0.1, -0.05) is 12.0 Å². The van der Waals surface area contributed by atoms with Gasteiger partial charge in [-0.25, -0.2) is 13.2 Å². The Morgan fingerprint density at radius 1 is 0.972 bits per heavy atom. The number of aromatic nitrogens is 3. The summed E-state index contributed by atoms with van der Waals surface area (Å²) in [7, 11) is 1.54. The van der Waals surface area contributed by atoms with E-state index in [2.05, 4.69) is 46.5 Å². The molecule has 2 bridgehead atoms. The smallest absolute Gasteiger partial charge is 0.319 e. The quantitative estimate of drug-likeness (QED) is 0.0658. The molecule has 2 aromatic heterocycles. The highest BCUT2D eigenvalue weighted by atomic mass is 19.1. The molecular formula is C54H61F3N10O4. The number of carbonyl (C=O) groups is 2. The van der Waals surface area contributed by atoms with Crippen molar-refractivity contribution in [3.63, 3.8) is 0 Å². The van der Waals surface area contributed by atoms with Gasteiger partial charge in [0.05, 0.1) is 23.2 Å². The number of piperidine rings is 1. The molecule has 1 spiro atoms. The van der Waals surface area contributed by atoms with Crippen molar-refractivity contribution >= 4 is 51.1 Å². The Morgan fingerprint density at radius 3 is 2.42 bits per heavy atom. The summed E-state index contributed by atoms with van der Waals surface area (Å²) >= 11 is 0. The first kappa shape index (κ1) is 47.1. The molecule has 6 fully saturated rings. The van der Waals surface area contributed by atoms with Crippen LogP contribution in [0.2, 0.25) is 0 Å². The summed E-state index contributed by atoms with van der Waals surface area (Å²) < 4.78 is 54.2. The number of benzene rings is 3. The van der Waals surface area contributed by atoms with Gasteiger partial charge in [-0.2, -0.15) is 9.97 Å². The molecule has 2 saturated carbocycles. The molecule has 71 heavy (non-hydrogen) atoms. The lowest BCUT2D eigenvalue weighted by molar-refractivity contribution is -0.121. The average molecular weight is 971 g/mol. The molecular weight excluding hydrogens is 910 g/mol. The number of halogens is 3. The lowest BCUT2D eigenvalue weighted by Gasteiger charge is -2.56. The summed E-state index contributed by atoms with van der Waals surface area (Å²) in [6, 6.07) is 11.2. The molecule has 3 unspecified atom stereocenters.